The van der Waals surface area contributed by atoms with Gasteiger partial charge in [0.1, 0.15) is 12.3 Å². The average molecular weight is 367 g/mol. The predicted molar refractivity (Wildman–Crippen MR) is 107 cm³/mol. The van der Waals surface area contributed by atoms with Crippen LogP contribution in [0.4, 0.5) is 0 Å². The Balaban J connectivity index is 1.60. The normalized spacial score (nSPS) is 18.1. The number of hydrogen-bond acceptors (Lipinski definition) is 4. The number of ketones is 1. The van der Waals surface area contributed by atoms with Crippen LogP contribution < -0.4 is 0 Å². The third-order valence-corrected chi connectivity index (χ3v) is 5.51. The first kappa shape index (κ1) is 19.7. The minimum atomic E-state index is -0.281. The molecule has 1 aliphatic rings. The van der Waals surface area contributed by atoms with Gasteiger partial charge in [-0.3, -0.25) is 9.69 Å². The van der Waals surface area contributed by atoms with Gasteiger partial charge in [-0.05, 0) is 24.3 Å². The molecule has 0 aromatic heterocycles. The van der Waals surface area contributed by atoms with Gasteiger partial charge in [-0.15, -0.1) is 0 Å². The number of nitrogens with zero attached hydrogens (tertiary/aromatic N) is 1. The second kappa shape index (κ2) is 9.79. The van der Waals surface area contributed by atoms with Crippen LogP contribution in [0.2, 0.25) is 0 Å². The third kappa shape index (κ3) is 5.04. The van der Waals surface area contributed by atoms with Crippen LogP contribution in [0.5, 0.6) is 0 Å². The minimum absolute atomic E-state index is 0.0867. The molecule has 0 aliphatic carbocycles. The maximum Gasteiger partial charge on any atom is 0.165 e. The Morgan fingerprint density at radius 2 is 1.56 bits per heavy atom. The van der Waals surface area contributed by atoms with E-state index in [1.165, 1.54) is 5.56 Å². The zero-order valence-electron chi connectivity index (χ0n) is 16.2. The fraction of sp³-hybridized carbons (Fsp3) is 0.435. The molecule has 144 valence electrons. The van der Waals surface area contributed by atoms with Gasteiger partial charge >= 0.3 is 0 Å². The van der Waals surface area contributed by atoms with E-state index in [1.807, 2.05) is 30.3 Å². The summed E-state index contributed by atoms with van der Waals surface area (Å²) in [6.07, 6.45) is 2.01. The summed E-state index contributed by atoms with van der Waals surface area (Å²) in [6, 6.07) is 20.1. The van der Waals surface area contributed by atoms with E-state index in [1.54, 1.807) is 14.2 Å². The lowest BCUT2D eigenvalue weighted by atomic mass is 9.89. The van der Waals surface area contributed by atoms with Crippen molar-refractivity contribution >= 4 is 5.78 Å². The van der Waals surface area contributed by atoms with E-state index in [4.69, 9.17) is 9.47 Å². The maximum absolute atomic E-state index is 12.6. The predicted octanol–water partition coefficient (Wildman–Crippen LogP) is 4.13. The van der Waals surface area contributed by atoms with Crippen LogP contribution in [0.15, 0.2) is 60.7 Å². The van der Waals surface area contributed by atoms with Gasteiger partial charge in [-0.1, -0.05) is 60.7 Å². The Kier molecular flexibility index (Phi) is 7.16. The lowest BCUT2D eigenvalue weighted by Crippen LogP contribution is -2.49. The number of rotatable bonds is 8. The number of carbonyl (C=O) groups is 1. The molecule has 0 amide bonds. The Bertz CT molecular complexity index is 696. The summed E-state index contributed by atoms with van der Waals surface area (Å²) < 4.78 is 11.4. The zero-order chi connectivity index (χ0) is 19.1. The molecular weight excluding hydrogens is 338 g/mol. The van der Waals surface area contributed by atoms with Gasteiger partial charge in [0.05, 0.1) is 0 Å². The lowest BCUT2D eigenvalue weighted by molar-refractivity contribution is -0.124. The Hall–Kier alpha value is -2.01. The summed E-state index contributed by atoms with van der Waals surface area (Å²) in [5.74, 6) is 0.676. The van der Waals surface area contributed by atoms with E-state index >= 15 is 0 Å². The van der Waals surface area contributed by atoms with Crippen molar-refractivity contribution in [2.24, 2.45) is 0 Å². The lowest BCUT2D eigenvalue weighted by Gasteiger charge is -2.39. The van der Waals surface area contributed by atoms with Gasteiger partial charge in [-0.25, -0.2) is 0 Å². The topological polar surface area (TPSA) is 38.8 Å². The molecule has 0 radical (unpaired) electrons. The number of Topliss-reactive ketones (excluding diaryl/α,β-unsaturated/α-hetero) is 1. The molecule has 2 aromatic carbocycles. The van der Waals surface area contributed by atoms with E-state index in [2.05, 4.69) is 35.2 Å². The molecule has 4 nitrogen and oxygen atoms in total. The fourth-order valence-electron chi connectivity index (χ4n) is 3.97. The first-order chi connectivity index (χ1) is 13.2. The van der Waals surface area contributed by atoms with Crippen molar-refractivity contribution in [1.82, 2.24) is 4.90 Å². The maximum atomic E-state index is 12.6. The summed E-state index contributed by atoms with van der Waals surface area (Å²) in [7, 11) is 3.36. The number of methoxy groups -OCH3 is 2. The molecule has 4 heteroatoms. The van der Waals surface area contributed by atoms with Crippen molar-refractivity contribution in [2.75, 3.05) is 27.3 Å². The second-order valence-corrected chi connectivity index (χ2v) is 7.11. The SMILES string of the molecule is COC(CC(=O)c1ccccc1)C(OC)N1CCC(c2ccccc2)CC1. The van der Waals surface area contributed by atoms with Crippen molar-refractivity contribution in [2.45, 2.75) is 37.5 Å². The van der Waals surface area contributed by atoms with Crippen molar-refractivity contribution in [1.29, 1.82) is 0 Å². The monoisotopic (exact) mass is 367 g/mol. The summed E-state index contributed by atoms with van der Waals surface area (Å²) in [5.41, 5.74) is 2.13. The highest BCUT2D eigenvalue weighted by molar-refractivity contribution is 5.96. The van der Waals surface area contributed by atoms with Crippen LogP contribution in [0.1, 0.15) is 41.1 Å². The average Bonchev–Trinajstić information content (AvgIpc) is 2.75. The van der Waals surface area contributed by atoms with Crippen LogP contribution in [-0.4, -0.2) is 50.3 Å². The smallest absolute Gasteiger partial charge is 0.165 e. The molecule has 2 unspecified atom stereocenters. The zero-order valence-corrected chi connectivity index (χ0v) is 16.2. The van der Waals surface area contributed by atoms with Gasteiger partial charge in [-0.2, -0.15) is 0 Å². The Morgan fingerprint density at radius 3 is 2.11 bits per heavy atom. The van der Waals surface area contributed by atoms with E-state index in [0.29, 0.717) is 12.3 Å². The molecule has 0 N–H and O–H groups in total. The number of likely N-dealkylation sites (tertiary alicyclic amines) is 1. The number of piperidine rings is 1. The molecule has 0 saturated carbocycles. The summed E-state index contributed by atoms with van der Waals surface area (Å²) in [6.45, 7) is 1.88. The van der Waals surface area contributed by atoms with Crippen LogP contribution in [-0.2, 0) is 9.47 Å². The minimum Gasteiger partial charge on any atom is -0.377 e. The molecule has 1 aliphatic heterocycles. The van der Waals surface area contributed by atoms with Crippen molar-refractivity contribution in [3.05, 3.63) is 71.8 Å². The summed E-state index contributed by atoms with van der Waals surface area (Å²) in [4.78, 5) is 14.9. The van der Waals surface area contributed by atoms with E-state index in [0.717, 1.165) is 31.5 Å². The summed E-state index contributed by atoms with van der Waals surface area (Å²) in [5, 5.41) is 0. The second-order valence-electron chi connectivity index (χ2n) is 7.11. The molecule has 2 aromatic rings. The van der Waals surface area contributed by atoms with Crippen LogP contribution in [0.3, 0.4) is 0 Å². The first-order valence-corrected chi connectivity index (χ1v) is 9.65. The standard InChI is InChI=1S/C23H29NO3/c1-26-22(17-21(25)20-11-7-4-8-12-20)23(27-2)24-15-13-19(14-16-24)18-9-5-3-6-10-18/h3-12,19,22-23H,13-17H2,1-2H3. The highest BCUT2D eigenvalue weighted by Crippen LogP contribution is 2.30. The largest absolute Gasteiger partial charge is 0.377 e. The van der Waals surface area contributed by atoms with Gasteiger partial charge in [0, 0.05) is 39.3 Å². The molecule has 0 bridgehead atoms. The number of carbonyl (C=O) groups excluding carboxylic acids is 1. The molecule has 27 heavy (non-hydrogen) atoms. The van der Waals surface area contributed by atoms with Crippen LogP contribution in [0, 0.1) is 0 Å². The molecule has 1 heterocycles. The summed E-state index contributed by atoms with van der Waals surface area (Å²) >= 11 is 0. The number of ether oxygens (including phenoxy) is 2. The van der Waals surface area contributed by atoms with Crippen molar-refractivity contribution in [3.63, 3.8) is 0 Å². The number of benzene rings is 2. The highest BCUT2D eigenvalue weighted by Gasteiger charge is 2.32. The van der Waals surface area contributed by atoms with E-state index < -0.39 is 0 Å². The third-order valence-electron chi connectivity index (χ3n) is 5.51. The highest BCUT2D eigenvalue weighted by atomic mass is 16.5. The van der Waals surface area contributed by atoms with Crippen LogP contribution in [0.25, 0.3) is 0 Å². The molecular formula is C23H29NO3. The van der Waals surface area contributed by atoms with Gasteiger partial charge in [0.25, 0.3) is 0 Å². The van der Waals surface area contributed by atoms with Gasteiger partial charge in [0.15, 0.2) is 5.78 Å². The van der Waals surface area contributed by atoms with Crippen molar-refractivity contribution in [3.8, 4) is 0 Å². The van der Waals surface area contributed by atoms with E-state index in [-0.39, 0.29) is 18.1 Å². The molecule has 1 saturated heterocycles. The Labute approximate surface area is 162 Å². The molecule has 1 fully saturated rings. The van der Waals surface area contributed by atoms with Crippen molar-refractivity contribution < 1.29 is 14.3 Å². The quantitative estimate of drug-likeness (QED) is 0.658. The molecule has 2 atom stereocenters. The molecule has 3 rings (SSSR count). The van der Waals surface area contributed by atoms with Gasteiger partial charge < -0.3 is 9.47 Å². The fourth-order valence-corrected chi connectivity index (χ4v) is 3.97. The Morgan fingerprint density at radius 1 is 0.963 bits per heavy atom. The first-order valence-electron chi connectivity index (χ1n) is 9.65. The number of hydrogen-bond donors (Lipinski definition) is 0. The van der Waals surface area contributed by atoms with Crippen LogP contribution >= 0.6 is 0 Å². The van der Waals surface area contributed by atoms with Gasteiger partial charge in [0.2, 0.25) is 0 Å². The molecule has 0 spiro atoms. The van der Waals surface area contributed by atoms with E-state index in [9.17, 15) is 4.79 Å².